The Bertz CT molecular complexity index is 1180. The van der Waals surface area contributed by atoms with Crippen LogP contribution in [0.25, 0.3) is 0 Å². The van der Waals surface area contributed by atoms with Gasteiger partial charge in [0.05, 0.1) is 0 Å². The van der Waals surface area contributed by atoms with E-state index in [-0.39, 0.29) is 6.03 Å². The molecule has 192 valence electrons. The van der Waals surface area contributed by atoms with E-state index in [1.54, 1.807) is 12.4 Å². The maximum atomic E-state index is 12.2. The summed E-state index contributed by atoms with van der Waals surface area (Å²) in [5.41, 5.74) is 4.34. The van der Waals surface area contributed by atoms with Crippen molar-refractivity contribution in [3.05, 3.63) is 84.2 Å². The molecule has 1 aliphatic heterocycles. The Balaban J connectivity index is 1.15. The highest BCUT2D eigenvalue weighted by molar-refractivity contribution is 6.02. The first kappa shape index (κ1) is 24.8. The summed E-state index contributed by atoms with van der Waals surface area (Å²) in [6.07, 6.45) is 8.81. The molecule has 2 aliphatic rings. The smallest absolute Gasteiger partial charge is 0.319 e. The Hall–Kier alpha value is -3.91. The summed E-state index contributed by atoms with van der Waals surface area (Å²) in [5, 5.41) is 18.1. The minimum atomic E-state index is -0.267. The highest BCUT2D eigenvalue weighted by atomic mass is 16.2. The lowest BCUT2D eigenvalue weighted by Crippen LogP contribution is -2.51. The van der Waals surface area contributed by atoms with Crippen LogP contribution in [0.5, 0.6) is 0 Å². The van der Waals surface area contributed by atoms with Gasteiger partial charge in [0.1, 0.15) is 5.84 Å². The van der Waals surface area contributed by atoms with Crippen molar-refractivity contribution >= 4 is 28.9 Å². The van der Waals surface area contributed by atoms with Gasteiger partial charge in [-0.2, -0.15) is 0 Å². The molecule has 8 heteroatoms. The fraction of sp³-hybridized carbons (Fsp3) is 0.345. The summed E-state index contributed by atoms with van der Waals surface area (Å²) in [6.45, 7) is 4.28. The molecular formula is C29H35N7O. The van der Waals surface area contributed by atoms with E-state index < -0.39 is 0 Å². The molecular weight excluding hydrogens is 462 g/mol. The third kappa shape index (κ3) is 6.46. The van der Waals surface area contributed by atoms with E-state index in [0.717, 1.165) is 54.7 Å². The van der Waals surface area contributed by atoms with Crippen LogP contribution < -0.4 is 16.0 Å². The summed E-state index contributed by atoms with van der Waals surface area (Å²) < 4.78 is 0. The number of benzene rings is 2. The third-order valence-electron chi connectivity index (χ3n) is 7.25. The maximum Gasteiger partial charge on any atom is 0.319 e. The van der Waals surface area contributed by atoms with E-state index in [1.165, 1.54) is 25.7 Å². The van der Waals surface area contributed by atoms with Crippen LogP contribution >= 0.6 is 0 Å². The lowest BCUT2D eigenvalue weighted by molar-refractivity contribution is 0.134. The molecule has 0 bridgehead atoms. The number of anilines is 3. The SMILES string of the molecule is N=C(c1ccccc1Nc1ccc(NC(=O)NCc2cccnc2)cc1)N1CCN(C2CCCC2)CC1. The maximum absolute atomic E-state index is 12.2. The second-order valence-corrected chi connectivity index (χ2v) is 9.73. The molecule has 5 rings (SSSR count). The van der Waals surface area contributed by atoms with E-state index in [0.29, 0.717) is 18.1 Å². The molecule has 0 radical (unpaired) electrons. The van der Waals surface area contributed by atoms with Gasteiger partial charge in [0.15, 0.2) is 0 Å². The Kier molecular flexibility index (Phi) is 7.96. The zero-order valence-corrected chi connectivity index (χ0v) is 21.1. The molecule has 0 atom stereocenters. The van der Waals surface area contributed by atoms with Crippen molar-refractivity contribution in [1.82, 2.24) is 20.1 Å². The average molecular weight is 498 g/mol. The summed E-state index contributed by atoms with van der Waals surface area (Å²) in [5.74, 6) is 0.567. The van der Waals surface area contributed by atoms with Crippen molar-refractivity contribution in [3.63, 3.8) is 0 Å². The number of aromatic nitrogens is 1. The van der Waals surface area contributed by atoms with Gasteiger partial charge in [-0.25, -0.2) is 4.79 Å². The first-order valence-corrected chi connectivity index (χ1v) is 13.1. The molecule has 2 fully saturated rings. The van der Waals surface area contributed by atoms with Gasteiger partial charge in [-0.3, -0.25) is 15.3 Å². The molecule has 37 heavy (non-hydrogen) atoms. The van der Waals surface area contributed by atoms with E-state index in [9.17, 15) is 4.79 Å². The van der Waals surface area contributed by atoms with Gasteiger partial charge in [0.2, 0.25) is 0 Å². The second kappa shape index (κ2) is 11.9. The highest BCUT2D eigenvalue weighted by Gasteiger charge is 2.27. The number of amides is 2. The van der Waals surface area contributed by atoms with Gasteiger partial charge in [-0.1, -0.05) is 31.0 Å². The molecule has 0 spiro atoms. The average Bonchev–Trinajstić information content (AvgIpc) is 3.49. The van der Waals surface area contributed by atoms with E-state index in [2.05, 4.69) is 30.7 Å². The minimum Gasteiger partial charge on any atom is -0.355 e. The van der Waals surface area contributed by atoms with Gasteiger partial charge < -0.3 is 20.9 Å². The molecule has 1 saturated carbocycles. The Morgan fingerprint density at radius 3 is 2.38 bits per heavy atom. The van der Waals surface area contributed by atoms with Crippen LogP contribution in [0.3, 0.4) is 0 Å². The number of piperazine rings is 1. The highest BCUT2D eigenvalue weighted by Crippen LogP contribution is 2.26. The Morgan fingerprint density at radius 2 is 1.65 bits per heavy atom. The van der Waals surface area contributed by atoms with Crippen molar-refractivity contribution in [2.45, 2.75) is 38.3 Å². The zero-order chi connectivity index (χ0) is 25.5. The number of hydrogen-bond donors (Lipinski definition) is 4. The first-order valence-electron chi connectivity index (χ1n) is 13.1. The molecule has 2 amide bonds. The predicted molar refractivity (Wildman–Crippen MR) is 148 cm³/mol. The molecule has 1 aliphatic carbocycles. The number of carbonyl (C=O) groups excluding carboxylic acids is 1. The number of nitrogens with one attached hydrogen (secondary N) is 4. The van der Waals surface area contributed by atoms with Crippen LogP contribution in [-0.4, -0.2) is 58.9 Å². The Labute approximate surface area is 218 Å². The van der Waals surface area contributed by atoms with Gasteiger partial charge >= 0.3 is 6.03 Å². The number of pyridine rings is 1. The van der Waals surface area contributed by atoms with Crippen molar-refractivity contribution in [2.24, 2.45) is 0 Å². The Morgan fingerprint density at radius 1 is 0.919 bits per heavy atom. The predicted octanol–water partition coefficient (Wildman–Crippen LogP) is 5.03. The van der Waals surface area contributed by atoms with Crippen molar-refractivity contribution in [3.8, 4) is 0 Å². The van der Waals surface area contributed by atoms with Crippen LogP contribution in [0.4, 0.5) is 21.9 Å². The molecule has 2 aromatic carbocycles. The monoisotopic (exact) mass is 497 g/mol. The van der Waals surface area contributed by atoms with Gasteiger partial charge in [0.25, 0.3) is 0 Å². The fourth-order valence-electron chi connectivity index (χ4n) is 5.20. The zero-order valence-electron chi connectivity index (χ0n) is 21.1. The summed E-state index contributed by atoms with van der Waals surface area (Å²) in [4.78, 5) is 21.1. The number of amidine groups is 1. The largest absolute Gasteiger partial charge is 0.355 e. The summed E-state index contributed by atoms with van der Waals surface area (Å²) in [7, 11) is 0. The van der Waals surface area contributed by atoms with E-state index >= 15 is 0 Å². The minimum absolute atomic E-state index is 0.267. The third-order valence-corrected chi connectivity index (χ3v) is 7.25. The molecule has 1 aromatic heterocycles. The van der Waals surface area contributed by atoms with Crippen molar-refractivity contribution < 1.29 is 4.79 Å². The molecule has 2 heterocycles. The summed E-state index contributed by atoms with van der Waals surface area (Å²) in [6, 6.07) is 19.8. The second-order valence-electron chi connectivity index (χ2n) is 9.73. The molecule has 3 aromatic rings. The lowest BCUT2D eigenvalue weighted by atomic mass is 10.1. The number of carbonyl (C=O) groups is 1. The molecule has 1 saturated heterocycles. The van der Waals surface area contributed by atoms with Crippen molar-refractivity contribution in [1.29, 1.82) is 5.41 Å². The van der Waals surface area contributed by atoms with Crippen LogP contribution in [0.1, 0.15) is 36.8 Å². The van der Waals surface area contributed by atoms with Crippen LogP contribution in [0.2, 0.25) is 0 Å². The fourth-order valence-corrected chi connectivity index (χ4v) is 5.20. The summed E-state index contributed by atoms with van der Waals surface area (Å²) >= 11 is 0. The van der Waals surface area contributed by atoms with E-state index in [4.69, 9.17) is 5.41 Å². The number of urea groups is 1. The van der Waals surface area contributed by atoms with Gasteiger partial charge in [0, 0.05) is 73.8 Å². The lowest BCUT2D eigenvalue weighted by Gasteiger charge is -2.39. The number of hydrogen-bond acceptors (Lipinski definition) is 5. The first-order chi connectivity index (χ1) is 18.2. The molecule has 0 unspecified atom stereocenters. The molecule has 8 nitrogen and oxygen atoms in total. The normalized spacial score (nSPS) is 16.4. The number of para-hydroxylation sites is 1. The standard InChI is InChI=1S/C29H35N7O/c30-28(36-18-16-35(17-19-36)25-7-1-2-8-25)26-9-3-4-10-27(26)33-23-11-13-24(14-12-23)34-29(37)32-21-22-6-5-15-31-20-22/h3-6,9-15,20,25,30,33H,1-2,7-8,16-19,21H2,(H2,32,34,37). The van der Waals surface area contributed by atoms with Crippen LogP contribution in [-0.2, 0) is 6.54 Å². The van der Waals surface area contributed by atoms with Gasteiger partial charge in [-0.15, -0.1) is 0 Å². The van der Waals surface area contributed by atoms with E-state index in [1.807, 2.05) is 60.7 Å². The molecule has 4 N–H and O–H groups in total. The van der Waals surface area contributed by atoms with Crippen LogP contribution in [0.15, 0.2) is 73.1 Å². The van der Waals surface area contributed by atoms with Crippen LogP contribution in [0, 0.1) is 5.41 Å². The topological polar surface area (TPSA) is 96.4 Å². The van der Waals surface area contributed by atoms with Gasteiger partial charge in [-0.05, 0) is 60.9 Å². The van der Waals surface area contributed by atoms with Crippen molar-refractivity contribution in [2.75, 3.05) is 36.8 Å². The number of nitrogens with zero attached hydrogens (tertiary/aromatic N) is 3. The quantitative estimate of drug-likeness (QED) is 0.271. The number of rotatable bonds is 7.